The lowest BCUT2D eigenvalue weighted by Gasteiger charge is -2.07. The van der Waals surface area contributed by atoms with Crippen molar-refractivity contribution < 1.29 is 9.53 Å². The molecule has 0 aromatic heterocycles. The van der Waals surface area contributed by atoms with E-state index in [4.69, 9.17) is 4.74 Å². The smallest absolute Gasteiger partial charge is 0.150 e. The van der Waals surface area contributed by atoms with Crippen molar-refractivity contribution in [3.63, 3.8) is 0 Å². The number of carbonyl (C=O) groups excluding carboxylic acids is 1. The average molecular weight is 228 g/mol. The van der Waals surface area contributed by atoms with E-state index in [2.05, 4.69) is 6.92 Å². The second kappa shape index (κ2) is 5.48. The molecule has 0 aliphatic rings. The van der Waals surface area contributed by atoms with Crippen molar-refractivity contribution in [3.05, 3.63) is 42.0 Å². The van der Waals surface area contributed by atoms with E-state index in [-0.39, 0.29) is 0 Å². The number of hydrogen-bond donors (Lipinski definition) is 0. The van der Waals surface area contributed by atoms with Gasteiger partial charge in [0.15, 0.2) is 6.29 Å². The Balaban J connectivity index is 2.31. The molecule has 2 nitrogen and oxygen atoms in total. The van der Waals surface area contributed by atoms with E-state index in [1.807, 2.05) is 36.4 Å². The molecule has 2 aromatic carbocycles. The highest BCUT2D eigenvalue weighted by molar-refractivity contribution is 5.98. The molecule has 17 heavy (non-hydrogen) atoms. The molecular formula is C15H16O2. The number of hydrogen-bond acceptors (Lipinski definition) is 2. The van der Waals surface area contributed by atoms with E-state index < -0.39 is 0 Å². The van der Waals surface area contributed by atoms with Crippen LogP contribution in [-0.2, 0) is 0 Å². The quantitative estimate of drug-likeness (QED) is 0.574. The van der Waals surface area contributed by atoms with Gasteiger partial charge < -0.3 is 4.74 Å². The second-order valence-electron chi connectivity index (χ2n) is 4.05. The lowest BCUT2D eigenvalue weighted by atomic mass is 10.1. The summed E-state index contributed by atoms with van der Waals surface area (Å²) in [4.78, 5) is 11.0. The minimum Gasteiger partial charge on any atom is -0.494 e. The lowest BCUT2D eigenvalue weighted by molar-refractivity contribution is 0.112. The predicted molar refractivity (Wildman–Crippen MR) is 69.7 cm³/mol. The maximum atomic E-state index is 11.0. The zero-order valence-electron chi connectivity index (χ0n) is 9.98. The van der Waals surface area contributed by atoms with E-state index >= 15 is 0 Å². The maximum Gasteiger partial charge on any atom is 0.150 e. The first kappa shape index (κ1) is 11.6. The van der Waals surface area contributed by atoms with Gasteiger partial charge in [-0.15, -0.1) is 0 Å². The van der Waals surface area contributed by atoms with Crippen molar-refractivity contribution >= 4 is 17.1 Å². The summed E-state index contributed by atoms with van der Waals surface area (Å²) in [7, 11) is 0. The highest BCUT2D eigenvalue weighted by Gasteiger charge is 2.01. The van der Waals surface area contributed by atoms with Crippen molar-refractivity contribution in [1.29, 1.82) is 0 Å². The Hall–Kier alpha value is -1.83. The summed E-state index contributed by atoms with van der Waals surface area (Å²) in [6, 6.07) is 11.6. The summed E-state index contributed by atoms with van der Waals surface area (Å²) < 4.78 is 5.64. The van der Waals surface area contributed by atoms with Crippen LogP contribution in [0.5, 0.6) is 5.75 Å². The fraction of sp³-hybridized carbons (Fsp3) is 0.267. The Morgan fingerprint density at radius 1 is 1.24 bits per heavy atom. The lowest BCUT2D eigenvalue weighted by Crippen LogP contribution is -1.96. The third-order valence-corrected chi connectivity index (χ3v) is 2.78. The first-order valence-corrected chi connectivity index (χ1v) is 5.96. The molecule has 0 saturated carbocycles. The predicted octanol–water partition coefficient (Wildman–Crippen LogP) is 3.83. The van der Waals surface area contributed by atoms with Crippen LogP contribution in [0.3, 0.4) is 0 Å². The van der Waals surface area contributed by atoms with Crippen LogP contribution >= 0.6 is 0 Å². The number of benzene rings is 2. The Labute approximate surface area is 101 Å². The zero-order chi connectivity index (χ0) is 12.1. The van der Waals surface area contributed by atoms with Gasteiger partial charge in [0.1, 0.15) is 5.75 Å². The molecule has 2 heteroatoms. The number of carbonyl (C=O) groups is 1. The molecule has 2 aromatic rings. The number of ether oxygens (including phenoxy) is 1. The van der Waals surface area contributed by atoms with Gasteiger partial charge in [-0.1, -0.05) is 37.6 Å². The van der Waals surface area contributed by atoms with Gasteiger partial charge in [0, 0.05) is 5.56 Å². The van der Waals surface area contributed by atoms with Gasteiger partial charge in [-0.2, -0.15) is 0 Å². The first-order valence-electron chi connectivity index (χ1n) is 5.96. The van der Waals surface area contributed by atoms with Crippen molar-refractivity contribution in [2.45, 2.75) is 19.8 Å². The minimum atomic E-state index is 0.712. The van der Waals surface area contributed by atoms with Crippen molar-refractivity contribution in [2.24, 2.45) is 0 Å². The summed E-state index contributed by atoms with van der Waals surface area (Å²) in [5.74, 6) is 0.834. The molecule has 0 spiro atoms. The third kappa shape index (κ3) is 2.64. The minimum absolute atomic E-state index is 0.712. The number of rotatable bonds is 5. The highest BCUT2D eigenvalue weighted by atomic mass is 16.5. The molecule has 0 fully saturated rings. The van der Waals surface area contributed by atoms with Crippen molar-refractivity contribution in [2.75, 3.05) is 6.61 Å². The van der Waals surface area contributed by atoms with Gasteiger partial charge in [0.05, 0.1) is 6.61 Å². The van der Waals surface area contributed by atoms with Gasteiger partial charge in [-0.05, 0) is 29.3 Å². The molecule has 88 valence electrons. The molecule has 2 rings (SSSR count). The van der Waals surface area contributed by atoms with Crippen LogP contribution in [0.25, 0.3) is 10.8 Å². The van der Waals surface area contributed by atoms with Crippen LogP contribution in [0.2, 0.25) is 0 Å². The van der Waals surface area contributed by atoms with Crippen LogP contribution < -0.4 is 4.74 Å². The molecular weight excluding hydrogens is 212 g/mol. The monoisotopic (exact) mass is 228 g/mol. The molecule has 0 atom stereocenters. The van der Waals surface area contributed by atoms with Gasteiger partial charge >= 0.3 is 0 Å². The van der Waals surface area contributed by atoms with Crippen LogP contribution in [0.1, 0.15) is 30.1 Å². The molecule has 0 aliphatic carbocycles. The molecule has 0 unspecified atom stereocenters. The van der Waals surface area contributed by atoms with Gasteiger partial charge in [0.25, 0.3) is 0 Å². The van der Waals surface area contributed by atoms with E-state index in [9.17, 15) is 4.79 Å². The Morgan fingerprint density at radius 2 is 2.12 bits per heavy atom. The summed E-state index contributed by atoms with van der Waals surface area (Å²) in [6.45, 7) is 2.86. The van der Waals surface area contributed by atoms with Crippen LogP contribution in [-0.4, -0.2) is 12.9 Å². The van der Waals surface area contributed by atoms with Crippen LogP contribution in [0, 0.1) is 0 Å². The summed E-state index contributed by atoms with van der Waals surface area (Å²) >= 11 is 0. The molecule has 0 saturated heterocycles. The Bertz CT molecular complexity index is 517. The Morgan fingerprint density at radius 3 is 2.88 bits per heavy atom. The summed E-state index contributed by atoms with van der Waals surface area (Å²) in [5.41, 5.74) is 0.712. The standard InChI is InChI=1S/C15H16O2/c1-2-3-9-17-14-8-7-12-5-4-6-13(11-16)15(12)10-14/h4-8,10-11H,2-3,9H2,1H3. The normalized spacial score (nSPS) is 10.4. The van der Waals surface area contributed by atoms with Crippen molar-refractivity contribution in [1.82, 2.24) is 0 Å². The van der Waals surface area contributed by atoms with E-state index in [1.165, 1.54) is 0 Å². The summed E-state index contributed by atoms with van der Waals surface area (Å²) in [6.07, 6.45) is 3.05. The van der Waals surface area contributed by atoms with Gasteiger partial charge in [0.2, 0.25) is 0 Å². The SMILES string of the molecule is CCCCOc1ccc2cccc(C=O)c2c1. The van der Waals surface area contributed by atoms with Gasteiger partial charge in [-0.3, -0.25) is 4.79 Å². The molecule has 0 aliphatic heterocycles. The molecule has 0 radical (unpaired) electrons. The number of unbranched alkanes of at least 4 members (excludes halogenated alkanes) is 1. The van der Waals surface area contributed by atoms with Crippen molar-refractivity contribution in [3.8, 4) is 5.75 Å². The van der Waals surface area contributed by atoms with Crippen LogP contribution in [0.4, 0.5) is 0 Å². The molecule has 0 amide bonds. The van der Waals surface area contributed by atoms with E-state index in [0.29, 0.717) is 5.56 Å². The summed E-state index contributed by atoms with van der Waals surface area (Å²) in [5, 5.41) is 2.02. The first-order chi connectivity index (χ1) is 8.35. The fourth-order valence-corrected chi connectivity index (χ4v) is 1.80. The largest absolute Gasteiger partial charge is 0.494 e. The Kier molecular flexibility index (Phi) is 3.76. The molecule has 0 heterocycles. The molecule has 0 bridgehead atoms. The third-order valence-electron chi connectivity index (χ3n) is 2.78. The second-order valence-corrected chi connectivity index (χ2v) is 4.05. The number of aldehydes is 1. The maximum absolute atomic E-state index is 11.0. The average Bonchev–Trinajstić information content (AvgIpc) is 2.38. The van der Waals surface area contributed by atoms with E-state index in [0.717, 1.165) is 42.3 Å². The highest BCUT2D eigenvalue weighted by Crippen LogP contribution is 2.23. The van der Waals surface area contributed by atoms with Gasteiger partial charge in [-0.25, -0.2) is 0 Å². The van der Waals surface area contributed by atoms with Crippen LogP contribution in [0.15, 0.2) is 36.4 Å². The topological polar surface area (TPSA) is 26.3 Å². The number of fused-ring (bicyclic) bond motifs is 1. The zero-order valence-corrected chi connectivity index (χ0v) is 9.98. The fourth-order valence-electron chi connectivity index (χ4n) is 1.80. The molecule has 0 N–H and O–H groups in total. The van der Waals surface area contributed by atoms with E-state index in [1.54, 1.807) is 0 Å².